The Balaban J connectivity index is 2.56. The summed E-state index contributed by atoms with van der Waals surface area (Å²) in [6, 6.07) is 6.63. The zero-order valence-corrected chi connectivity index (χ0v) is 11.0. The van der Waals surface area contributed by atoms with Gasteiger partial charge in [0.15, 0.2) is 0 Å². The molecule has 2 N–H and O–H groups in total. The topological polar surface area (TPSA) is 75.6 Å². The van der Waals surface area contributed by atoms with Gasteiger partial charge in [0.25, 0.3) is 0 Å². The summed E-state index contributed by atoms with van der Waals surface area (Å²) in [5.41, 5.74) is 0.981. The van der Waals surface area contributed by atoms with Gasteiger partial charge in [-0.15, -0.1) is 0 Å². The zero-order valence-electron chi connectivity index (χ0n) is 11.0. The summed E-state index contributed by atoms with van der Waals surface area (Å²) in [7, 11) is 0. The van der Waals surface area contributed by atoms with E-state index in [9.17, 15) is 9.59 Å². The Morgan fingerprint density at radius 1 is 1.32 bits per heavy atom. The maximum atomic E-state index is 11.6. The summed E-state index contributed by atoms with van der Waals surface area (Å²) >= 11 is 0. The molecule has 19 heavy (non-hydrogen) atoms. The summed E-state index contributed by atoms with van der Waals surface area (Å²) in [5.74, 6) is -0.534. The number of carbonyl (C=O) groups is 2. The number of ether oxygens (including phenoxy) is 1. The van der Waals surface area contributed by atoms with Crippen molar-refractivity contribution in [1.82, 2.24) is 0 Å². The first kappa shape index (κ1) is 15.2. The predicted molar refractivity (Wildman–Crippen MR) is 72.0 cm³/mol. The average molecular weight is 265 g/mol. The van der Waals surface area contributed by atoms with Crippen LogP contribution < -0.4 is 5.32 Å². The molecule has 5 nitrogen and oxygen atoms in total. The quantitative estimate of drug-likeness (QED) is 0.583. The van der Waals surface area contributed by atoms with Crippen LogP contribution in [-0.2, 0) is 9.53 Å². The molecule has 0 spiro atoms. The molecule has 0 aromatic heterocycles. The molecule has 0 atom stereocenters. The lowest BCUT2D eigenvalue weighted by molar-refractivity contribution is -0.116. The maximum absolute atomic E-state index is 11.6. The summed E-state index contributed by atoms with van der Waals surface area (Å²) in [6.45, 7) is 2.15. The molecule has 1 aromatic carbocycles. The molecule has 0 aliphatic heterocycles. The molecule has 0 fully saturated rings. The van der Waals surface area contributed by atoms with Crippen LogP contribution in [0, 0.1) is 0 Å². The number of hydrogen-bond donors (Lipinski definition) is 2. The average Bonchev–Trinajstić information content (AvgIpc) is 2.39. The van der Waals surface area contributed by atoms with Crippen LogP contribution in [0.5, 0.6) is 0 Å². The molecule has 5 heteroatoms. The third-order valence-electron chi connectivity index (χ3n) is 2.47. The highest BCUT2D eigenvalue weighted by atomic mass is 16.5. The van der Waals surface area contributed by atoms with Gasteiger partial charge in [-0.1, -0.05) is 6.07 Å². The Morgan fingerprint density at radius 3 is 2.79 bits per heavy atom. The second-order valence-electron chi connectivity index (χ2n) is 4.03. The van der Waals surface area contributed by atoms with Gasteiger partial charge in [0, 0.05) is 18.7 Å². The fourth-order valence-electron chi connectivity index (χ4n) is 1.56. The van der Waals surface area contributed by atoms with Crippen LogP contribution in [-0.4, -0.2) is 30.2 Å². The first-order valence-corrected chi connectivity index (χ1v) is 6.35. The molecular formula is C14H19NO4. The van der Waals surface area contributed by atoms with E-state index in [1.54, 1.807) is 31.2 Å². The van der Waals surface area contributed by atoms with E-state index in [2.05, 4.69) is 5.32 Å². The lowest BCUT2D eigenvalue weighted by Gasteiger charge is -2.07. The molecule has 1 amide bonds. The van der Waals surface area contributed by atoms with Gasteiger partial charge in [-0.3, -0.25) is 4.79 Å². The van der Waals surface area contributed by atoms with Crippen LogP contribution in [0.1, 0.15) is 36.5 Å². The lowest BCUT2D eigenvalue weighted by Crippen LogP contribution is -2.12. The van der Waals surface area contributed by atoms with Crippen LogP contribution in [0.2, 0.25) is 0 Å². The fourth-order valence-corrected chi connectivity index (χ4v) is 1.56. The van der Waals surface area contributed by atoms with Crippen LogP contribution >= 0.6 is 0 Å². The smallest absolute Gasteiger partial charge is 0.338 e. The van der Waals surface area contributed by atoms with Gasteiger partial charge in [-0.25, -0.2) is 4.79 Å². The number of rotatable bonds is 7. The Morgan fingerprint density at radius 2 is 2.11 bits per heavy atom. The summed E-state index contributed by atoms with van der Waals surface area (Å²) in [5, 5.41) is 11.3. The zero-order chi connectivity index (χ0) is 14.1. The minimum Gasteiger partial charge on any atom is -0.462 e. The number of amides is 1. The van der Waals surface area contributed by atoms with Gasteiger partial charge in [0.05, 0.1) is 12.2 Å². The van der Waals surface area contributed by atoms with Crippen LogP contribution in [0.15, 0.2) is 24.3 Å². The monoisotopic (exact) mass is 265 g/mol. The minimum atomic E-state index is -0.404. The summed E-state index contributed by atoms with van der Waals surface area (Å²) < 4.78 is 4.89. The number of nitrogens with one attached hydrogen (secondary N) is 1. The molecule has 0 bridgehead atoms. The van der Waals surface area contributed by atoms with Crippen LogP contribution in [0.3, 0.4) is 0 Å². The molecule has 0 aliphatic rings. The summed E-state index contributed by atoms with van der Waals surface area (Å²) in [4.78, 5) is 23.1. The van der Waals surface area contributed by atoms with E-state index in [1.807, 2.05) is 0 Å². The van der Waals surface area contributed by atoms with Crippen molar-refractivity contribution in [1.29, 1.82) is 0 Å². The van der Waals surface area contributed by atoms with Crippen molar-refractivity contribution in [2.24, 2.45) is 0 Å². The SMILES string of the molecule is CCOC(=O)c1cccc(NC(=O)CCCCO)c1. The number of aliphatic hydroxyl groups is 1. The van der Waals surface area contributed by atoms with Crippen molar-refractivity contribution in [2.45, 2.75) is 26.2 Å². The van der Waals surface area contributed by atoms with Gasteiger partial charge in [0.2, 0.25) is 5.91 Å². The third kappa shape index (κ3) is 5.52. The van der Waals surface area contributed by atoms with Crippen molar-refractivity contribution < 1.29 is 19.4 Å². The highest BCUT2D eigenvalue weighted by Gasteiger charge is 2.08. The second kappa shape index (κ2) is 8.26. The molecule has 0 saturated carbocycles. The molecule has 0 heterocycles. The predicted octanol–water partition coefficient (Wildman–Crippen LogP) is 1.96. The van der Waals surface area contributed by atoms with Gasteiger partial charge in [0.1, 0.15) is 0 Å². The highest BCUT2D eigenvalue weighted by molar-refractivity contribution is 5.94. The van der Waals surface area contributed by atoms with Crippen molar-refractivity contribution in [3.05, 3.63) is 29.8 Å². The van der Waals surface area contributed by atoms with E-state index < -0.39 is 5.97 Å². The van der Waals surface area contributed by atoms with E-state index in [0.29, 0.717) is 37.1 Å². The third-order valence-corrected chi connectivity index (χ3v) is 2.47. The number of anilines is 1. The van der Waals surface area contributed by atoms with Gasteiger partial charge in [-0.05, 0) is 38.0 Å². The van der Waals surface area contributed by atoms with Gasteiger partial charge >= 0.3 is 5.97 Å². The molecule has 1 rings (SSSR count). The minimum absolute atomic E-state index is 0.0889. The fraction of sp³-hybridized carbons (Fsp3) is 0.429. The standard InChI is InChI=1S/C14H19NO4/c1-2-19-14(18)11-6-5-7-12(10-11)15-13(17)8-3-4-9-16/h5-7,10,16H,2-4,8-9H2,1H3,(H,15,17). The second-order valence-corrected chi connectivity index (χ2v) is 4.03. The number of hydrogen-bond acceptors (Lipinski definition) is 4. The largest absolute Gasteiger partial charge is 0.462 e. The molecule has 0 saturated heterocycles. The first-order valence-electron chi connectivity index (χ1n) is 6.35. The molecule has 0 unspecified atom stereocenters. The Kier molecular flexibility index (Phi) is 6.60. The Labute approximate surface area is 112 Å². The van der Waals surface area contributed by atoms with Crippen molar-refractivity contribution in [3.8, 4) is 0 Å². The van der Waals surface area contributed by atoms with E-state index in [1.165, 1.54) is 0 Å². The molecule has 1 aromatic rings. The van der Waals surface area contributed by atoms with Gasteiger partial charge in [-0.2, -0.15) is 0 Å². The Bertz CT molecular complexity index is 431. The lowest BCUT2D eigenvalue weighted by atomic mass is 10.2. The Hall–Kier alpha value is -1.88. The molecular weight excluding hydrogens is 246 g/mol. The van der Waals surface area contributed by atoms with E-state index >= 15 is 0 Å². The van der Waals surface area contributed by atoms with Crippen LogP contribution in [0.25, 0.3) is 0 Å². The molecule has 104 valence electrons. The van der Waals surface area contributed by atoms with Crippen molar-refractivity contribution in [3.63, 3.8) is 0 Å². The van der Waals surface area contributed by atoms with E-state index in [-0.39, 0.29) is 12.5 Å². The number of unbranched alkanes of at least 4 members (excludes halogenated alkanes) is 1. The number of esters is 1. The number of carbonyl (C=O) groups excluding carboxylic acids is 2. The summed E-state index contributed by atoms with van der Waals surface area (Å²) in [6.07, 6.45) is 1.60. The number of aliphatic hydroxyl groups excluding tert-OH is 1. The number of benzene rings is 1. The van der Waals surface area contributed by atoms with Crippen LogP contribution in [0.4, 0.5) is 5.69 Å². The maximum Gasteiger partial charge on any atom is 0.338 e. The normalized spacial score (nSPS) is 10.0. The van der Waals surface area contributed by atoms with Crippen molar-refractivity contribution in [2.75, 3.05) is 18.5 Å². The van der Waals surface area contributed by atoms with E-state index in [0.717, 1.165) is 0 Å². The van der Waals surface area contributed by atoms with Gasteiger partial charge < -0.3 is 15.2 Å². The molecule has 0 radical (unpaired) electrons. The first-order chi connectivity index (χ1) is 9.17. The molecule has 0 aliphatic carbocycles. The van der Waals surface area contributed by atoms with Crippen molar-refractivity contribution >= 4 is 17.6 Å². The van der Waals surface area contributed by atoms with E-state index in [4.69, 9.17) is 9.84 Å². The highest BCUT2D eigenvalue weighted by Crippen LogP contribution is 2.12.